The molecule has 1 unspecified atom stereocenters. The molecule has 2 aromatic rings. The van der Waals surface area contributed by atoms with E-state index in [-0.39, 0.29) is 6.04 Å². The van der Waals surface area contributed by atoms with Gasteiger partial charge in [0.2, 0.25) is 0 Å². The van der Waals surface area contributed by atoms with Crippen molar-refractivity contribution >= 4 is 33.5 Å². The molecule has 1 atom stereocenters. The Morgan fingerprint density at radius 2 is 2.10 bits per heavy atom. The van der Waals surface area contributed by atoms with Crippen LogP contribution in [0.4, 0.5) is 5.82 Å². The molecule has 0 saturated carbocycles. The van der Waals surface area contributed by atoms with Crippen LogP contribution in [0, 0.1) is 6.92 Å². The van der Waals surface area contributed by atoms with Crippen molar-refractivity contribution < 1.29 is 0 Å². The Balaban J connectivity index is 2.18. The maximum Gasteiger partial charge on any atom is 0.128 e. The van der Waals surface area contributed by atoms with Gasteiger partial charge in [-0.3, -0.25) is 0 Å². The quantitative estimate of drug-likeness (QED) is 0.753. The van der Waals surface area contributed by atoms with E-state index in [4.69, 9.17) is 5.73 Å². The van der Waals surface area contributed by atoms with Gasteiger partial charge in [0.15, 0.2) is 0 Å². The molecule has 1 aromatic carbocycles. The smallest absolute Gasteiger partial charge is 0.128 e. The summed E-state index contributed by atoms with van der Waals surface area (Å²) in [5, 5.41) is 3.51. The zero-order valence-electron chi connectivity index (χ0n) is 12.3. The van der Waals surface area contributed by atoms with Gasteiger partial charge in [0, 0.05) is 32.9 Å². The number of nitrogens with two attached hydrogens (primary N) is 1. The van der Waals surface area contributed by atoms with Crippen LogP contribution < -0.4 is 11.1 Å². The number of pyridine rings is 1. The van der Waals surface area contributed by atoms with Crippen molar-refractivity contribution in [2.45, 2.75) is 24.8 Å². The molecule has 112 valence electrons. The number of nitrogens with one attached hydrogen (secondary N) is 1. The van der Waals surface area contributed by atoms with Gasteiger partial charge in [-0.1, -0.05) is 19.1 Å². The van der Waals surface area contributed by atoms with E-state index in [2.05, 4.69) is 58.3 Å². The number of hydrogen-bond donors (Lipinski definition) is 2. The number of halogens is 1. The summed E-state index contributed by atoms with van der Waals surface area (Å²) >= 11 is 5.41. The highest BCUT2D eigenvalue weighted by Gasteiger charge is 2.17. The molecular weight excluding hydrogens is 346 g/mol. The SMILES string of the molecule is CCNC(CSc1ccccc1Br)c1c(C)ccnc1N. The van der Waals surface area contributed by atoms with Gasteiger partial charge in [0.05, 0.1) is 0 Å². The number of aromatic nitrogens is 1. The van der Waals surface area contributed by atoms with Gasteiger partial charge < -0.3 is 11.1 Å². The van der Waals surface area contributed by atoms with Crippen molar-refractivity contribution in [1.29, 1.82) is 0 Å². The average Bonchev–Trinajstić information content (AvgIpc) is 2.46. The van der Waals surface area contributed by atoms with Crippen LogP contribution in [-0.2, 0) is 0 Å². The normalized spacial score (nSPS) is 12.3. The molecule has 3 nitrogen and oxygen atoms in total. The third-order valence-corrected chi connectivity index (χ3v) is 5.40. The van der Waals surface area contributed by atoms with Gasteiger partial charge in [-0.15, -0.1) is 11.8 Å². The molecule has 1 heterocycles. The van der Waals surface area contributed by atoms with Gasteiger partial charge in [-0.2, -0.15) is 0 Å². The van der Waals surface area contributed by atoms with Crippen LogP contribution in [0.2, 0.25) is 0 Å². The van der Waals surface area contributed by atoms with E-state index in [1.807, 2.05) is 23.9 Å². The lowest BCUT2D eigenvalue weighted by Crippen LogP contribution is -2.25. The molecule has 0 aliphatic heterocycles. The highest BCUT2D eigenvalue weighted by Crippen LogP contribution is 2.32. The van der Waals surface area contributed by atoms with Crippen LogP contribution in [-0.4, -0.2) is 17.3 Å². The highest BCUT2D eigenvalue weighted by atomic mass is 79.9. The van der Waals surface area contributed by atoms with Crippen molar-refractivity contribution in [3.63, 3.8) is 0 Å². The molecule has 3 N–H and O–H groups in total. The number of rotatable bonds is 6. The Morgan fingerprint density at radius 1 is 1.33 bits per heavy atom. The van der Waals surface area contributed by atoms with Crippen LogP contribution in [0.15, 0.2) is 45.9 Å². The van der Waals surface area contributed by atoms with Crippen LogP contribution in [0.25, 0.3) is 0 Å². The summed E-state index contributed by atoms with van der Waals surface area (Å²) in [6.07, 6.45) is 1.76. The van der Waals surface area contributed by atoms with Crippen molar-refractivity contribution in [1.82, 2.24) is 10.3 Å². The monoisotopic (exact) mass is 365 g/mol. The fourth-order valence-corrected chi connectivity index (χ4v) is 3.91. The molecule has 5 heteroatoms. The Morgan fingerprint density at radius 3 is 2.76 bits per heavy atom. The minimum absolute atomic E-state index is 0.195. The van der Waals surface area contributed by atoms with Crippen LogP contribution in [0.3, 0.4) is 0 Å². The summed E-state index contributed by atoms with van der Waals surface area (Å²) in [7, 11) is 0. The van der Waals surface area contributed by atoms with Crippen molar-refractivity contribution in [3.8, 4) is 0 Å². The summed E-state index contributed by atoms with van der Waals surface area (Å²) in [4.78, 5) is 5.47. The summed E-state index contributed by atoms with van der Waals surface area (Å²) in [6.45, 7) is 5.09. The maximum atomic E-state index is 6.08. The molecule has 0 spiro atoms. The molecule has 2 rings (SSSR count). The lowest BCUT2D eigenvalue weighted by Gasteiger charge is -2.21. The molecule has 0 bridgehead atoms. The second-order valence-electron chi connectivity index (χ2n) is 4.78. The van der Waals surface area contributed by atoms with Gasteiger partial charge in [-0.05, 0) is 53.2 Å². The van der Waals surface area contributed by atoms with Gasteiger partial charge in [0.1, 0.15) is 5.82 Å². The molecule has 0 amide bonds. The third-order valence-electron chi connectivity index (χ3n) is 3.28. The number of thioether (sulfide) groups is 1. The number of aryl methyl sites for hydroxylation is 1. The van der Waals surface area contributed by atoms with Gasteiger partial charge in [-0.25, -0.2) is 4.98 Å². The van der Waals surface area contributed by atoms with Crippen LogP contribution in [0.5, 0.6) is 0 Å². The molecule has 0 saturated heterocycles. The minimum Gasteiger partial charge on any atom is -0.383 e. The van der Waals surface area contributed by atoms with Gasteiger partial charge >= 0.3 is 0 Å². The van der Waals surface area contributed by atoms with E-state index >= 15 is 0 Å². The average molecular weight is 366 g/mol. The van der Waals surface area contributed by atoms with E-state index in [1.54, 1.807) is 6.20 Å². The molecule has 1 aromatic heterocycles. The van der Waals surface area contributed by atoms with Crippen molar-refractivity contribution in [2.24, 2.45) is 0 Å². The Kier molecular flexibility index (Phi) is 6.08. The van der Waals surface area contributed by atoms with E-state index in [1.165, 1.54) is 10.5 Å². The largest absolute Gasteiger partial charge is 0.383 e. The van der Waals surface area contributed by atoms with E-state index in [0.717, 1.165) is 22.3 Å². The fourth-order valence-electron chi connectivity index (χ4n) is 2.27. The van der Waals surface area contributed by atoms with Crippen LogP contribution >= 0.6 is 27.7 Å². The van der Waals surface area contributed by atoms with E-state index < -0.39 is 0 Å². The topological polar surface area (TPSA) is 50.9 Å². The lowest BCUT2D eigenvalue weighted by atomic mass is 10.0. The zero-order valence-corrected chi connectivity index (χ0v) is 14.7. The zero-order chi connectivity index (χ0) is 15.2. The number of nitrogen functional groups attached to an aromatic ring is 1. The molecule has 0 aliphatic carbocycles. The summed E-state index contributed by atoms with van der Waals surface area (Å²) in [5.41, 5.74) is 8.37. The highest BCUT2D eigenvalue weighted by molar-refractivity contribution is 9.10. The Bertz CT molecular complexity index is 584. The first-order valence-electron chi connectivity index (χ1n) is 6.95. The second kappa shape index (κ2) is 7.82. The summed E-state index contributed by atoms with van der Waals surface area (Å²) in [6, 6.07) is 10.5. The van der Waals surface area contributed by atoms with E-state index in [9.17, 15) is 0 Å². The molecule has 0 fully saturated rings. The maximum absolute atomic E-state index is 6.08. The van der Waals surface area contributed by atoms with E-state index in [0.29, 0.717) is 5.82 Å². The number of hydrogen-bond acceptors (Lipinski definition) is 4. The first-order valence-corrected chi connectivity index (χ1v) is 8.73. The number of nitrogens with zero attached hydrogens (tertiary/aromatic N) is 1. The standard InChI is InChI=1S/C16H20BrN3S/c1-3-19-13(15-11(2)8-9-20-16(15)18)10-21-14-7-5-4-6-12(14)17/h4-9,13,19H,3,10H2,1-2H3,(H2,18,20). The number of anilines is 1. The summed E-state index contributed by atoms with van der Waals surface area (Å²) < 4.78 is 1.13. The fraction of sp³-hybridized carbons (Fsp3) is 0.312. The molecule has 21 heavy (non-hydrogen) atoms. The Hall–Kier alpha value is -1.04. The number of benzene rings is 1. The predicted molar refractivity (Wildman–Crippen MR) is 94.7 cm³/mol. The second-order valence-corrected chi connectivity index (χ2v) is 6.69. The van der Waals surface area contributed by atoms with Crippen LogP contribution in [0.1, 0.15) is 24.1 Å². The van der Waals surface area contributed by atoms with Crippen molar-refractivity contribution in [3.05, 3.63) is 52.1 Å². The van der Waals surface area contributed by atoms with Crippen molar-refractivity contribution in [2.75, 3.05) is 18.0 Å². The lowest BCUT2D eigenvalue weighted by molar-refractivity contribution is 0.603. The molecule has 0 aliphatic rings. The third kappa shape index (κ3) is 4.22. The predicted octanol–water partition coefficient (Wildman–Crippen LogP) is 4.18. The van der Waals surface area contributed by atoms with Gasteiger partial charge in [0.25, 0.3) is 0 Å². The summed E-state index contributed by atoms with van der Waals surface area (Å²) in [5.74, 6) is 1.53. The first kappa shape index (κ1) is 16.3. The molecular formula is C16H20BrN3S. The molecule has 0 radical (unpaired) electrons. The Labute approximate surface area is 138 Å². The minimum atomic E-state index is 0.195. The first-order chi connectivity index (χ1) is 10.1.